The first-order valence-electron chi connectivity index (χ1n) is 5.90. The highest BCUT2D eigenvalue weighted by Gasteiger charge is 2.15. The van der Waals surface area contributed by atoms with Crippen LogP contribution in [-0.2, 0) is 0 Å². The summed E-state index contributed by atoms with van der Waals surface area (Å²) in [4.78, 5) is 0. The number of nitrogens with one attached hydrogen (secondary N) is 1. The molecule has 2 aromatic rings. The first-order chi connectivity index (χ1) is 9.88. The molecule has 112 valence electrons. The summed E-state index contributed by atoms with van der Waals surface area (Å²) in [6.07, 6.45) is -1.31. The number of aliphatic hydroxyl groups is 1. The van der Waals surface area contributed by atoms with Crippen molar-refractivity contribution in [1.82, 2.24) is 0 Å². The average molecular weight is 364 g/mol. The quantitative estimate of drug-likeness (QED) is 0.631. The third kappa shape index (κ3) is 3.74. The summed E-state index contributed by atoms with van der Waals surface area (Å²) in [5.74, 6) is -3.26. The van der Waals surface area contributed by atoms with Crippen molar-refractivity contribution < 1.29 is 22.7 Å². The fraction of sp³-hybridized carbons (Fsp3) is 0.143. The zero-order valence-corrected chi connectivity index (χ0v) is 12.1. The molecular formula is C14H10BrF4NO. The van der Waals surface area contributed by atoms with Crippen LogP contribution in [0.2, 0.25) is 0 Å². The van der Waals surface area contributed by atoms with E-state index in [4.69, 9.17) is 0 Å². The molecule has 0 aromatic heterocycles. The lowest BCUT2D eigenvalue weighted by Gasteiger charge is -2.15. The summed E-state index contributed by atoms with van der Waals surface area (Å²) in [6.45, 7) is -0.225. The lowest BCUT2D eigenvalue weighted by molar-refractivity contribution is 0.186. The molecule has 0 aliphatic rings. The Morgan fingerprint density at radius 1 is 1.00 bits per heavy atom. The number of rotatable bonds is 4. The lowest BCUT2D eigenvalue weighted by Crippen LogP contribution is -2.14. The number of anilines is 1. The van der Waals surface area contributed by atoms with E-state index in [1.807, 2.05) is 0 Å². The van der Waals surface area contributed by atoms with Gasteiger partial charge in [-0.15, -0.1) is 0 Å². The third-order valence-corrected chi connectivity index (χ3v) is 3.43. The van der Waals surface area contributed by atoms with Crippen molar-refractivity contribution in [3.05, 3.63) is 63.6 Å². The van der Waals surface area contributed by atoms with Gasteiger partial charge in [-0.2, -0.15) is 0 Å². The third-order valence-electron chi connectivity index (χ3n) is 2.82. The molecule has 0 radical (unpaired) electrons. The van der Waals surface area contributed by atoms with Crippen molar-refractivity contribution in [2.24, 2.45) is 0 Å². The normalized spacial score (nSPS) is 12.3. The van der Waals surface area contributed by atoms with Gasteiger partial charge in [0.05, 0.1) is 16.3 Å². The molecule has 0 saturated carbocycles. The summed E-state index contributed by atoms with van der Waals surface area (Å²) in [7, 11) is 0. The van der Waals surface area contributed by atoms with Crippen molar-refractivity contribution in [3.8, 4) is 0 Å². The molecule has 1 unspecified atom stereocenters. The molecule has 0 spiro atoms. The van der Waals surface area contributed by atoms with Crippen LogP contribution in [0.4, 0.5) is 23.2 Å². The van der Waals surface area contributed by atoms with Crippen molar-refractivity contribution in [3.63, 3.8) is 0 Å². The van der Waals surface area contributed by atoms with Gasteiger partial charge >= 0.3 is 0 Å². The van der Waals surface area contributed by atoms with Gasteiger partial charge in [0, 0.05) is 24.2 Å². The molecule has 21 heavy (non-hydrogen) atoms. The Balaban J connectivity index is 2.11. The molecule has 0 aliphatic heterocycles. The molecule has 0 heterocycles. The maximum absolute atomic E-state index is 13.5. The highest BCUT2D eigenvalue weighted by Crippen LogP contribution is 2.25. The Bertz CT molecular complexity index is 666. The number of halogens is 5. The first-order valence-corrected chi connectivity index (χ1v) is 6.69. The minimum Gasteiger partial charge on any atom is -0.386 e. The van der Waals surface area contributed by atoms with Crippen LogP contribution in [0.5, 0.6) is 0 Å². The van der Waals surface area contributed by atoms with E-state index < -0.39 is 29.4 Å². The lowest BCUT2D eigenvalue weighted by atomic mass is 10.1. The van der Waals surface area contributed by atoms with E-state index in [-0.39, 0.29) is 22.3 Å². The van der Waals surface area contributed by atoms with Crippen molar-refractivity contribution >= 4 is 21.6 Å². The summed E-state index contributed by atoms with van der Waals surface area (Å²) >= 11 is 2.91. The summed E-state index contributed by atoms with van der Waals surface area (Å²) in [5.41, 5.74) is -0.171. The van der Waals surface area contributed by atoms with Gasteiger partial charge in [-0.1, -0.05) is 6.07 Å². The predicted molar refractivity (Wildman–Crippen MR) is 73.9 cm³/mol. The van der Waals surface area contributed by atoms with Crippen LogP contribution in [0, 0.1) is 23.3 Å². The molecule has 0 fully saturated rings. The monoisotopic (exact) mass is 363 g/mol. The van der Waals surface area contributed by atoms with Gasteiger partial charge in [0.2, 0.25) is 0 Å². The second-order valence-corrected chi connectivity index (χ2v) is 5.16. The van der Waals surface area contributed by atoms with Gasteiger partial charge < -0.3 is 10.4 Å². The van der Waals surface area contributed by atoms with Crippen LogP contribution in [0.3, 0.4) is 0 Å². The van der Waals surface area contributed by atoms with Gasteiger partial charge in [-0.05, 0) is 28.1 Å². The molecule has 0 bridgehead atoms. The Hall–Kier alpha value is -1.60. The molecule has 7 heteroatoms. The van der Waals surface area contributed by atoms with E-state index >= 15 is 0 Å². The second-order valence-electron chi connectivity index (χ2n) is 4.31. The van der Waals surface area contributed by atoms with Crippen LogP contribution in [0.1, 0.15) is 11.7 Å². The highest BCUT2D eigenvalue weighted by molar-refractivity contribution is 9.10. The summed E-state index contributed by atoms with van der Waals surface area (Å²) in [6, 6.07) is 4.61. The zero-order chi connectivity index (χ0) is 15.6. The molecule has 2 aromatic carbocycles. The molecule has 0 saturated heterocycles. The van der Waals surface area contributed by atoms with E-state index in [1.165, 1.54) is 6.07 Å². The van der Waals surface area contributed by atoms with Gasteiger partial charge in [0.25, 0.3) is 0 Å². The van der Waals surface area contributed by atoms with Gasteiger partial charge in [-0.25, -0.2) is 17.6 Å². The fourth-order valence-corrected chi connectivity index (χ4v) is 2.09. The minimum absolute atomic E-state index is 0.0499. The zero-order valence-electron chi connectivity index (χ0n) is 10.5. The molecule has 0 aliphatic carbocycles. The summed E-state index contributed by atoms with van der Waals surface area (Å²) in [5, 5.41) is 12.4. The van der Waals surface area contributed by atoms with Crippen molar-refractivity contribution in [2.45, 2.75) is 6.10 Å². The highest BCUT2D eigenvalue weighted by atomic mass is 79.9. The van der Waals surface area contributed by atoms with Crippen LogP contribution in [0.15, 0.2) is 34.8 Å². The Morgan fingerprint density at radius 2 is 1.71 bits per heavy atom. The maximum Gasteiger partial charge on any atom is 0.149 e. The number of aliphatic hydroxyl groups excluding tert-OH is 1. The molecule has 0 amide bonds. The Labute approximate surface area is 126 Å². The number of benzene rings is 2. The standard InChI is InChI=1S/C14H10BrF4NO/c15-9-4-13(12(19)5-11(9)18)20-6-14(21)8-2-1-7(16)3-10(8)17/h1-5,14,20-21H,6H2. The van der Waals surface area contributed by atoms with Crippen LogP contribution in [-0.4, -0.2) is 11.7 Å². The average Bonchev–Trinajstić information content (AvgIpc) is 2.41. The molecule has 2 nitrogen and oxygen atoms in total. The smallest absolute Gasteiger partial charge is 0.149 e. The van der Waals surface area contributed by atoms with Gasteiger partial charge in [0.15, 0.2) is 0 Å². The van der Waals surface area contributed by atoms with Gasteiger partial charge in [-0.3, -0.25) is 0 Å². The molecule has 2 N–H and O–H groups in total. The van der Waals surface area contributed by atoms with Crippen LogP contribution < -0.4 is 5.32 Å². The Morgan fingerprint density at radius 3 is 2.38 bits per heavy atom. The Kier molecular flexibility index (Phi) is 4.84. The molecular weight excluding hydrogens is 354 g/mol. The maximum atomic E-state index is 13.5. The number of hydrogen-bond donors (Lipinski definition) is 2. The predicted octanol–water partition coefficient (Wildman–Crippen LogP) is 4.15. The van der Waals surface area contributed by atoms with E-state index in [9.17, 15) is 22.7 Å². The van der Waals surface area contributed by atoms with E-state index in [1.54, 1.807) is 0 Å². The fourth-order valence-electron chi connectivity index (χ4n) is 1.75. The van der Waals surface area contributed by atoms with E-state index in [0.29, 0.717) is 12.1 Å². The first kappa shape index (κ1) is 15.8. The number of hydrogen-bond acceptors (Lipinski definition) is 2. The minimum atomic E-state index is -1.31. The van der Waals surface area contributed by atoms with Crippen LogP contribution in [0.25, 0.3) is 0 Å². The molecule has 2 rings (SSSR count). The van der Waals surface area contributed by atoms with Crippen molar-refractivity contribution in [1.29, 1.82) is 0 Å². The topological polar surface area (TPSA) is 32.3 Å². The summed E-state index contributed by atoms with van der Waals surface area (Å²) < 4.78 is 52.8. The SMILES string of the molecule is OC(CNc1cc(Br)c(F)cc1F)c1ccc(F)cc1F. The second kappa shape index (κ2) is 6.44. The van der Waals surface area contributed by atoms with Gasteiger partial charge in [0.1, 0.15) is 23.3 Å². The van der Waals surface area contributed by atoms with Crippen molar-refractivity contribution in [2.75, 3.05) is 11.9 Å². The van der Waals surface area contributed by atoms with Crippen LogP contribution >= 0.6 is 15.9 Å². The molecule has 1 atom stereocenters. The van der Waals surface area contributed by atoms with E-state index in [2.05, 4.69) is 21.2 Å². The van der Waals surface area contributed by atoms with E-state index in [0.717, 1.165) is 12.1 Å². The largest absolute Gasteiger partial charge is 0.386 e.